The van der Waals surface area contributed by atoms with Gasteiger partial charge in [0.2, 0.25) is 5.17 Å². The standard InChI is InChI=1S/C11H10FN3OS/c1-7-10(16)14-15-11(17-7)13-6-8-2-4-9(12)5-3-8/h2-7H,1H3,(H,14,16)/t7-/m1/s1. The van der Waals surface area contributed by atoms with Gasteiger partial charge in [0.25, 0.3) is 5.91 Å². The first kappa shape index (κ1) is 11.8. The number of amidine groups is 1. The molecule has 1 aliphatic heterocycles. The van der Waals surface area contributed by atoms with Crippen molar-refractivity contribution in [2.24, 2.45) is 10.1 Å². The van der Waals surface area contributed by atoms with E-state index in [0.29, 0.717) is 5.17 Å². The van der Waals surface area contributed by atoms with Crippen LogP contribution in [-0.4, -0.2) is 22.5 Å². The van der Waals surface area contributed by atoms with Gasteiger partial charge in [0.1, 0.15) is 5.82 Å². The van der Waals surface area contributed by atoms with Gasteiger partial charge < -0.3 is 0 Å². The summed E-state index contributed by atoms with van der Waals surface area (Å²) in [5, 5.41) is 4.09. The van der Waals surface area contributed by atoms with Gasteiger partial charge in [-0.3, -0.25) is 4.79 Å². The van der Waals surface area contributed by atoms with Gasteiger partial charge in [-0.25, -0.2) is 14.8 Å². The molecule has 0 saturated heterocycles. The molecule has 0 saturated carbocycles. The number of thioether (sulfide) groups is 1. The van der Waals surface area contributed by atoms with Crippen LogP contribution >= 0.6 is 11.8 Å². The number of nitrogens with one attached hydrogen (secondary N) is 1. The highest BCUT2D eigenvalue weighted by molar-refractivity contribution is 8.15. The maximum Gasteiger partial charge on any atom is 0.253 e. The molecule has 0 fully saturated rings. The summed E-state index contributed by atoms with van der Waals surface area (Å²) in [7, 11) is 0. The van der Waals surface area contributed by atoms with Crippen LogP contribution < -0.4 is 5.43 Å². The maximum absolute atomic E-state index is 12.7. The van der Waals surface area contributed by atoms with Gasteiger partial charge in [0.15, 0.2) is 0 Å². The van der Waals surface area contributed by atoms with Crippen LogP contribution in [0.4, 0.5) is 4.39 Å². The number of benzene rings is 1. The van der Waals surface area contributed by atoms with E-state index >= 15 is 0 Å². The number of carbonyl (C=O) groups excluding carboxylic acids is 1. The van der Waals surface area contributed by atoms with Crippen LogP contribution in [0.1, 0.15) is 12.5 Å². The average molecular weight is 251 g/mol. The maximum atomic E-state index is 12.7. The highest BCUT2D eigenvalue weighted by Gasteiger charge is 2.20. The van der Waals surface area contributed by atoms with Crippen molar-refractivity contribution in [2.45, 2.75) is 12.2 Å². The molecule has 2 rings (SSSR count). The number of aliphatic imine (C=N–C) groups is 1. The molecule has 0 bridgehead atoms. The highest BCUT2D eigenvalue weighted by Crippen LogP contribution is 2.17. The molecular formula is C11H10FN3OS. The second-order valence-electron chi connectivity index (χ2n) is 3.44. The van der Waals surface area contributed by atoms with Gasteiger partial charge in [-0.2, -0.15) is 0 Å². The zero-order chi connectivity index (χ0) is 12.3. The summed E-state index contributed by atoms with van der Waals surface area (Å²) in [6.45, 7) is 1.78. The third-order valence-corrected chi connectivity index (χ3v) is 3.08. The SMILES string of the molecule is C[C@H]1SC(N=Cc2ccc(F)cc2)=NNC1=O. The molecule has 1 aromatic carbocycles. The molecule has 0 aliphatic carbocycles. The van der Waals surface area contributed by atoms with E-state index in [1.165, 1.54) is 23.9 Å². The third kappa shape index (κ3) is 3.13. The van der Waals surface area contributed by atoms with Crippen molar-refractivity contribution in [3.05, 3.63) is 35.6 Å². The van der Waals surface area contributed by atoms with Gasteiger partial charge in [-0.15, -0.1) is 5.10 Å². The van der Waals surface area contributed by atoms with Crippen LogP contribution in [-0.2, 0) is 4.79 Å². The van der Waals surface area contributed by atoms with Crippen molar-refractivity contribution in [1.82, 2.24) is 5.43 Å². The minimum Gasteiger partial charge on any atom is -0.272 e. The molecule has 4 nitrogen and oxygen atoms in total. The Hall–Kier alpha value is -1.69. The van der Waals surface area contributed by atoms with Crippen LogP contribution in [0.15, 0.2) is 34.4 Å². The summed E-state index contributed by atoms with van der Waals surface area (Å²) in [6.07, 6.45) is 1.58. The first-order valence-corrected chi connectivity index (χ1v) is 5.87. The summed E-state index contributed by atoms with van der Waals surface area (Å²) >= 11 is 1.28. The van der Waals surface area contributed by atoms with Crippen molar-refractivity contribution in [3.63, 3.8) is 0 Å². The molecule has 1 atom stereocenters. The van der Waals surface area contributed by atoms with E-state index < -0.39 is 0 Å². The van der Waals surface area contributed by atoms with E-state index in [1.807, 2.05) is 0 Å². The number of amides is 1. The fraction of sp³-hybridized carbons (Fsp3) is 0.182. The number of carbonyl (C=O) groups is 1. The van der Waals surface area contributed by atoms with E-state index in [9.17, 15) is 9.18 Å². The second-order valence-corrected chi connectivity index (χ2v) is 4.75. The summed E-state index contributed by atoms with van der Waals surface area (Å²) < 4.78 is 12.7. The molecule has 0 radical (unpaired) electrons. The Labute approximate surface area is 102 Å². The number of nitrogens with zero attached hydrogens (tertiary/aromatic N) is 2. The predicted molar refractivity (Wildman–Crippen MR) is 66.6 cm³/mol. The van der Waals surface area contributed by atoms with Gasteiger partial charge in [0, 0.05) is 6.21 Å². The molecule has 6 heteroatoms. The lowest BCUT2D eigenvalue weighted by Crippen LogP contribution is -2.32. The molecule has 0 spiro atoms. The van der Waals surface area contributed by atoms with Gasteiger partial charge >= 0.3 is 0 Å². The van der Waals surface area contributed by atoms with E-state index in [-0.39, 0.29) is 17.0 Å². The molecule has 17 heavy (non-hydrogen) atoms. The number of halogens is 1. The first-order chi connectivity index (χ1) is 8.15. The van der Waals surface area contributed by atoms with Crippen molar-refractivity contribution < 1.29 is 9.18 Å². The Morgan fingerprint density at radius 2 is 2.18 bits per heavy atom. The topological polar surface area (TPSA) is 53.8 Å². The zero-order valence-corrected chi connectivity index (χ0v) is 9.87. The van der Waals surface area contributed by atoms with Gasteiger partial charge in [0.05, 0.1) is 5.25 Å². The van der Waals surface area contributed by atoms with Crippen molar-refractivity contribution in [2.75, 3.05) is 0 Å². The van der Waals surface area contributed by atoms with Crippen molar-refractivity contribution >= 4 is 29.1 Å². The van der Waals surface area contributed by atoms with Crippen LogP contribution in [0, 0.1) is 5.82 Å². The first-order valence-electron chi connectivity index (χ1n) is 4.99. The zero-order valence-electron chi connectivity index (χ0n) is 9.05. The van der Waals surface area contributed by atoms with Crippen LogP contribution in [0.25, 0.3) is 0 Å². The Morgan fingerprint density at radius 3 is 2.82 bits per heavy atom. The van der Waals surface area contributed by atoms with Crippen LogP contribution in [0.2, 0.25) is 0 Å². The quantitative estimate of drug-likeness (QED) is 0.773. The third-order valence-electron chi connectivity index (χ3n) is 2.11. The lowest BCUT2D eigenvalue weighted by Gasteiger charge is -2.13. The molecule has 1 N–H and O–H groups in total. The van der Waals surface area contributed by atoms with E-state index in [0.717, 1.165) is 5.56 Å². The molecule has 0 aromatic heterocycles. The molecule has 0 unspecified atom stereocenters. The molecule has 1 aliphatic rings. The Bertz CT molecular complexity index is 484. The Kier molecular flexibility index (Phi) is 3.53. The minimum absolute atomic E-state index is 0.129. The molecular weight excluding hydrogens is 241 g/mol. The van der Waals surface area contributed by atoms with Gasteiger partial charge in [-0.05, 0) is 24.6 Å². The summed E-state index contributed by atoms with van der Waals surface area (Å²) in [4.78, 5) is 15.2. The second kappa shape index (κ2) is 5.09. The monoisotopic (exact) mass is 251 g/mol. The van der Waals surface area contributed by atoms with E-state index in [4.69, 9.17) is 0 Å². The lowest BCUT2D eigenvalue weighted by molar-refractivity contribution is -0.120. The minimum atomic E-state index is -0.285. The van der Waals surface area contributed by atoms with Crippen molar-refractivity contribution in [3.8, 4) is 0 Å². The smallest absolute Gasteiger partial charge is 0.253 e. The molecule has 1 aromatic rings. The number of hydrogen-bond acceptors (Lipinski definition) is 4. The summed E-state index contributed by atoms with van der Waals surface area (Å²) in [6, 6.07) is 5.97. The molecule has 1 amide bonds. The lowest BCUT2D eigenvalue weighted by atomic mass is 10.2. The molecule has 1 heterocycles. The largest absolute Gasteiger partial charge is 0.272 e. The number of rotatable bonds is 1. The highest BCUT2D eigenvalue weighted by atomic mass is 32.2. The van der Waals surface area contributed by atoms with E-state index in [2.05, 4.69) is 15.5 Å². The number of hydrazone groups is 1. The summed E-state index contributed by atoms with van der Waals surface area (Å²) in [5.74, 6) is -0.414. The Morgan fingerprint density at radius 1 is 1.47 bits per heavy atom. The Balaban J connectivity index is 2.06. The van der Waals surface area contributed by atoms with Gasteiger partial charge in [-0.1, -0.05) is 23.9 Å². The predicted octanol–water partition coefficient (Wildman–Crippen LogP) is 1.77. The fourth-order valence-electron chi connectivity index (χ4n) is 1.17. The van der Waals surface area contributed by atoms with E-state index in [1.54, 1.807) is 25.3 Å². The average Bonchev–Trinajstić information content (AvgIpc) is 2.33. The normalized spacial score (nSPS) is 20.2. The van der Waals surface area contributed by atoms with Crippen molar-refractivity contribution in [1.29, 1.82) is 0 Å². The number of hydrogen-bond donors (Lipinski definition) is 1. The van der Waals surface area contributed by atoms with Crippen LogP contribution in [0.5, 0.6) is 0 Å². The fourth-order valence-corrected chi connectivity index (χ4v) is 1.86. The van der Waals surface area contributed by atoms with Crippen LogP contribution in [0.3, 0.4) is 0 Å². The summed E-state index contributed by atoms with van der Waals surface area (Å²) in [5.41, 5.74) is 3.16. The molecule has 88 valence electrons.